The van der Waals surface area contributed by atoms with Crippen LogP contribution in [0.1, 0.15) is 36.0 Å². The molecule has 1 aliphatic carbocycles. The molecule has 0 saturated heterocycles. The van der Waals surface area contributed by atoms with Crippen LogP contribution >= 0.6 is 0 Å². The first-order valence-electron chi connectivity index (χ1n) is 5.70. The van der Waals surface area contributed by atoms with Crippen molar-refractivity contribution in [3.05, 3.63) is 23.8 Å². The summed E-state index contributed by atoms with van der Waals surface area (Å²) in [5.41, 5.74) is 7.04. The quantitative estimate of drug-likeness (QED) is 0.628. The third kappa shape index (κ3) is 2.03. The summed E-state index contributed by atoms with van der Waals surface area (Å²) in [4.78, 5) is 12.1. The van der Waals surface area contributed by atoms with Crippen molar-refractivity contribution >= 4 is 11.5 Å². The Balaban J connectivity index is 2.20. The number of benzene rings is 1. The fourth-order valence-corrected chi connectivity index (χ4v) is 2.31. The molecule has 0 atom stereocenters. The zero-order chi connectivity index (χ0) is 11.5. The average molecular weight is 219 g/mol. The minimum atomic E-state index is 0.202. The van der Waals surface area contributed by atoms with Crippen molar-refractivity contribution < 1.29 is 9.53 Å². The van der Waals surface area contributed by atoms with Crippen molar-refractivity contribution in [1.29, 1.82) is 0 Å². The molecule has 16 heavy (non-hydrogen) atoms. The summed E-state index contributed by atoms with van der Waals surface area (Å²) in [6.45, 7) is 0. The second-order valence-electron chi connectivity index (χ2n) is 4.30. The maximum absolute atomic E-state index is 12.1. The maximum Gasteiger partial charge on any atom is 0.166 e. The lowest BCUT2D eigenvalue weighted by atomic mass is 9.96. The number of anilines is 1. The van der Waals surface area contributed by atoms with Gasteiger partial charge in [-0.2, -0.15) is 0 Å². The summed E-state index contributed by atoms with van der Waals surface area (Å²) < 4.78 is 5.07. The van der Waals surface area contributed by atoms with E-state index in [1.54, 1.807) is 25.3 Å². The molecule has 1 saturated carbocycles. The molecule has 0 bridgehead atoms. The van der Waals surface area contributed by atoms with Crippen LogP contribution in [0.3, 0.4) is 0 Å². The lowest BCUT2D eigenvalue weighted by Gasteiger charge is -2.10. The first-order chi connectivity index (χ1) is 7.72. The van der Waals surface area contributed by atoms with Gasteiger partial charge in [0.25, 0.3) is 0 Å². The van der Waals surface area contributed by atoms with E-state index < -0.39 is 0 Å². The summed E-state index contributed by atoms with van der Waals surface area (Å²) in [6, 6.07) is 5.28. The number of hydrogen-bond donors (Lipinski definition) is 1. The van der Waals surface area contributed by atoms with Gasteiger partial charge < -0.3 is 10.5 Å². The predicted molar refractivity (Wildman–Crippen MR) is 63.7 cm³/mol. The van der Waals surface area contributed by atoms with Gasteiger partial charge >= 0.3 is 0 Å². The largest absolute Gasteiger partial charge is 0.495 e. The van der Waals surface area contributed by atoms with Gasteiger partial charge in [-0.1, -0.05) is 12.8 Å². The molecule has 0 heterocycles. The molecule has 0 spiro atoms. The number of ether oxygens (including phenoxy) is 1. The van der Waals surface area contributed by atoms with Gasteiger partial charge in [0.05, 0.1) is 12.8 Å². The number of nitrogens with two attached hydrogens (primary N) is 1. The molecule has 2 rings (SSSR count). The number of hydrogen-bond acceptors (Lipinski definition) is 3. The van der Waals surface area contributed by atoms with E-state index in [9.17, 15) is 4.79 Å². The van der Waals surface area contributed by atoms with Crippen molar-refractivity contribution in [3.63, 3.8) is 0 Å². The Morgan fingerprint density at radius 2 is 2.06 bits per heavy atom. The van der Waals surface area contributed by atoms with Crippen LogP contribution in [0, 0.1) is 5.92 Å². The highest BCUT2D eigenvalue weighted by atomic mass is 16.5. The van der Waals surface area contributed by atoms with E-state index in [2.05, 4.69) is 0 Å². The molecule has 1 aromatic rings. The van der Waals surface area contributed by atoms with E-state index in [1.807, 2.05) is 0 Å². The molecule has 1 aliphatic rings. The highest BCUT2D eigenvalue weighted by molar-refractivity contribution is 5.99. The van der Waals surface area contributed by atoms with E-state index in [-0.39, 0.29) is 11.7 Å². The number of nitrogen functional groups attached to an aromatic ring is 1. The first-order valence-corrected chi connectivity index (χ1v) is 5.70. The van der Waals surface area contributed by atoms with Crippen molar-refractivity contribution in [2.24, 2.45) is 5.92 Å². The van der Waals surface area contributed by atoms with Gasteiger partial charge in [0, 0.05) is 11.5 Å². The van der Waals surface area contributed by atoms with E-state index >= 15 is 0 Å². The number of carbonyl (C=O) groups excluding carboxylic acids is 1. The minimum absolute atomic E-state index is 0.202. The van der Waals surface area contributed by atoms with Crippen LogP contribution < -0.4 is 10.5 Å². The third-order valence-electron chi connectivity index (χ3n) is 3.24. The number of carbonyl (C=O) groups is 1. The number of rotatable bonds is 3. The fourth-order valence-electron chi connectivity index (χ4n) is 2.31. The molecular formula is C13H17NO2. The number of methoxy groups -OCH3 is 1. The molecule has 0 aromatic heterocycles. The molecular weight excluding hydrogens is 202 g/mol. The van der Waals surface area contributed by atoms with Gasteiger partial charge in [0.1, 0.15) is 5.75 Å². The molecule has 2 N–H and O–H groups in total. The lowest BCUT2D eigenvalue weighted by Crippen LogP contribution is -2.11. The van der Waals surface area contributed by atoms with E-state index in [0.29, 0.717) is 17.0 Å². The van der Waals surface area contributed by atoms with Crippen molar-refractivity contribution in [1.82, 2.24) is 0 Å². The second-order valence-corrected chi connectivity index (χ2v) is 4.30. The lowest BCUT2D eigenvalue weighted by molar-refractivity contribution is 0.0923. The molecule has 3 nitrogen and oxygen atoms in total. The van der Waals surface area contributed by atoms with Gasteiger partial charge in [0.2, 0.25) is 0 Å². The average Bonchev–Trinajstić information content (AvgIpc) is 2.81. The Morgan fingerprint density at radius 3 is 2.62 bits per heavy atom. The monoisotopic (exact) mass is 219 g/mol. The second kappa shape index (κ2) is 4.56. The summed E-state index contributed by atoms with van der Waals surface area (Å²) in [5, 5.41) is 0. The molecule has 1 aromatic carbocycles. The zero-order valence-electron chi connectivity index (χ0n) is 9.53. The summed E-state index contributed by atoms with van der Waals surface area (Å²) in [5.74, 6) is 1.06. The Morgan fingerprint density at radius 1 is 1.38 bits per heavy atom. The summed E-state index contributed by atoms with van der Waals surface area (Å²) in [6.07, 6.45) is 4.37. The SMILES string of the molecule is COc1ccc(C(=O)C2CCCC2)cc1N. The van der Waals surface area contributed by atoms with Gasteiger partial charge in [0.15, 0.2) is 5.78 Å². The van der Waals surface area contributed by atoms with Gasteiger partial charge in [-0.05, 0) is 31.0 Å². The van der Waals surface area contributed by atoms with Gasteiger partial charge in [-0.25, -0.2) is 0 Å². The molecule has 0 amide bonds. The van der Waals surface area contributed by atoms with Crippen LogP contribution in [0.15, 0.2) is 18.2 Å². The normalized spacial score (nSPS) is 16.3. The van der Waals surface area contributed by atoms with Crippen molar-refractivity contribution in [2.45, 2.75) is 25.7 Å². The third-order valence-corrected chi connectivity index (χ3v) is 3.24. The predicted octanol–water partition coefficient (Wildman–Crippen LogP) is 2.65. The van der Waals surface area contributed by atoms with E-state index in [1.165, 1.54) is 12.8 Å². The molecule has 0 radical (unpaired) electrons. The van der Waals surface area contributed by atoms with E-state index in [0.717, 1.165) is 12.8 Å². The Bertz CT molecular complexity index is 395. The van der Waals surface area contributed by atoms with Crippen LogP contribution in [0.4, 0.5) is 5.69 Å². The van der Waals surface area contributed by atoms with Crippen LogP contribution in [0.25, 0.3) is 0 Å². The van der Waals surface area contributed by atoms with Crippen LogP contribution in [0.2, 0.25) is 0 Å². The topological polar surface area (TPSA) is 52.3 Å². The zero-order valence-corrected chi connectivity index (χ0v) is 9.53. The van der Waals surface area contributed by atoms with Crippen LogP contribution in [-0.4, -0.2) is 12.9 Å². The molecule has 86 valence electrons. The van der Waals surface area contributed by atoms with Crippen LogP contribution in [0.5, 0.6) is 5.75 Å². The Kier molecular flexibility index (Phi) is 3.13. The highest BCUT2D eigenvalue weighted by Gasteiger charge is 2.24. The smallest absolute Gasteiger partial charge is 0.166 e. The Hall–Kier alpha value is -1.51. The minimum Gasteiger partial charge on any atom is -0.495 e. The van der Waals surface area contributed by atoms with Crippen molar-refractivity contribution in [2.75, 3.05) is 12.8 Å². The molecule has 0 unspecified atom stereocenters. The Labute approximate surface area is 95.6 Å². The standard InChI is InChI=1S/C13H17NO2/c1-16-12-7-6-10(8-11(12)14)13(15)9-4-2-3-5-9/h6-9H,2-5,14H2,1H3. The molecule has 0 aliphatic heterocycles. The maximum atomic E-state index is 12.1. The molecule has 1 fully saturated rings. The summed E-state index contributed by atoms with van der Waals surface area (Å²) in [7, 11) is 1.57. The fraction of sp³-hybridized carbons (Fsp3) is 0.462. The molecule has 3 heteroatoms. The van der Waals surface area contributed by atoms with Crippen molar-refractivity contribution in [3.8, 4) is 5.75 Å². The van der Waals surface area contributed by atoms with Gasteiger partial charge in [-0.3, -0.25) is 4.79 Å². The number of ketones is 1. The number of Topliss-reactive ketones (excluding diaryl/α,β-unsaturated/α-hetero) is 1. The van der Waals surface area contributed by atoms with E-state index in [4.69, 9.17) is 10.5 Å². The summed E-state index contributed by atoms with van der Waals surface area (Å²) >= 11 is 0. The highest BCUT2D eigenvalue weighted by Crippen LogP contribution is 2.30. The van der Waals surface area contributed by atoms with Crippen LogP contribution in [-0.2, 0) is 0 Å². The van der Waals surface area contributed by atoms with Gasteiger partial charge in [-0.15, -0.1) is 0 Å². The first kappa shape index (κ1) is 11.0.